The highest BCUT2D eigenvalue weighted by Gasteiger charge is 2.30. The highest BCUT2D eigenvalue weighted by atomic mass is 35.5. The highest BCUT2D eigenvalue weighted by molar-refractivity contribution is 6.31. The number of aryl methyl sites for hydroxylation is 1. The van der Waals surface area contributed by atoms with Crippen LogP contribution in [0.15, 0.2) is 18.2 Å². The van der Waals surface area contributed by atoms with Crippen molar-refractivity contribution in [3.05, 3.63) is 28.8 Å². The Labute approximate surface area is 125 Å². The average molecular weight is 300 g/mol. The number of benzene rings is 1. The van der Waals surface area contributed by atoms with Gasteiger partial charge < -0.3 is 15.1 Å². The maximum absolute atomic E-state index is 11.4. The van der Waals surface area contributed by atoms with Gasteiger partial charge in [0.25, 0.3) is 0 Å². The van der Waals surface area contributed by atoms with Gasteiger partial charge in [0.05, 0.1) is 5.02 Å². The molecule has 1 rings (SSSR count). The predicted molar refractivity (Wildman–Crippen MR) is 80.5 cm³/mol. The number of carbonyl (C=O) groups is 1. The van der Waals surface area contributed by atoms with E-state index in [0.717, 1.165) is 5.56 Å². The first-order chi connectivity index (χ1) is 9.12. The third-order valence-corrected chi connectivity index (χ3v) is 3.55. The summed E-state index contributed by atoms with van der Waals surface area (Å²) >= 11 is 5.76. The molecule has 112 valence electrons. The minimum absolute atomic E-state index is 0.0581. The van der Waals surface area contributed by atoms with Gasteiger partial charge in [0.2, 0.25) is 0 Å². The van der Waals surface area contributed by atoms with Crippen LogP contribution in [-0.4, -0.2) is 32.8 Å². The molecule has 0 fully saturated rings. The van der Waals surface area contributed by atoms with Gasteiger partial charge in [0.15, 0.2) is 0 Å². The lowest BCUT2D eigenvalue weighted by atomic mass is 9.99. The number of rotatable bonds is 4. The van der Waals surface area contributed by atoms with E-state index in [9.17, 15) is 15.0 Å². The van der Waals surface area contributed by atoms with Gasteiger partial charge in [-0.25, -0.2) is 4.79 Å². The Hall–Kier alpha value is -1.42. The molecule has 0 saturated heterocycles. The van der Waals surface area contributed by atoms with Crippen LogP contribution >= 0.6 is 11.6 Å². The Morgan fingerprint density at radius 3 is 2.45 bits per heavy atom. The molecule has 0 spiro atoms. The normalized spacial score (nSPS) is 13.1. The molecule has 1 aromatic rings. The standard InChI is InChI=1S/C15H22ClNO3/c1-10(17(14(19)20)15(2,3)4)5-6-11-7-8-12(16)13(18)9-11/h7-10,18H,5-6H2,1-4H3,(H,19,20)/t10-/m0/s1. The average Bonchev–Trinajstić information content (AvgIpc) is 2.28. The third-order valence-electron chi connectivity index (χ3n) is 3.23. The van der Waals surface area contributed by atoms with Crippen molar-refractivity contribution in [2.45, 2.75) is 52.1 Å². The van der Waals surface area contributed by atoms with E-state index in [-0.39, 0.29) is 11.8 Å². The van der Waals surface area contributed by atoms with E-state index in [0.29, 0.717) is 17.9 Å². The van der Waals surface area contributed by atoms with E-state index < -0.39 is 11.6 Å². The summed E-state index contributed by atoms with van der Waals surface area (Å²) in [6.07, 6.45) is 0.458. The summed E-state index contributed by atoms with van der Waals surface area (Å²) in [5.41, 5.74) is 0.505. The number of nitrogens with zero attached hydrogens (tertiary/aromatic N) is 1. The largest absolute Gasteiger partial charge is 0.506 e. The predicted octanol–water partition coefficient (Wildman–Crippen LogP) is 4.15. The fourth-order valence-electron chi connectivity index (χ4n) is 2.36. The van der Waals surface area contributed by atoms with Crippen molar-refractivity contribution in [2.75, 3.05) is 0 Å². The van der Waals surface area contributed by atoms with Crippen LogP contribution < -0.4 is 0 Å². The SMILES string of the molecule is C[C@@H](CCc1ccc(Cl)c(O)c1)N(C(=O)O)C(C)(C)C. The molecule has 1 aromatic carbocycles. The van der Waals surface area contributed by atoms with Gasteiger partial charge in [-0.05, 0) is 58.2 Å². The molecule has 0 bridgehead atoms. The Bertz CT molecular complexity index is 482. The maximum Gasteiger partial charge on any atom is 0.407 e. The molecule has 4 nitrogen and oxygen atoms in total. The van der Waals surface area contributed by atoms with Crippen molar-refractivity contribution in [2.24, 2.45) is 0 Å². The number of carboxylic acid groups (broad SMARTS) is 1. The van der Waals surface area contributed by atoms with Crippen LogP contribution in [0.3, 0.4) is 0 Å². The number of hydrogen-bond donors (Lipinski definition) is 2. The number of hydrogen-bond acceptors (Lipinski definition) is 2. The molecule has 0 aliphatic carbocycles. The molecule has 0 aromatic heterocycles. The van der Waals surface area contributed by atoms with Gasteiger partial charge >= 0.3 is 6.09 Å². The molecule has 2 N–H and O–H groups in total. The lowest BCUT2D eigenvalue weighted by Crippen LogP contribution is -2.50. The topological polar surface area (TPSA) is 60.8 Å². The summed E-state index contributed by atoms with van der Waals surface area (Å²) < 4.78 is 0. The molecule has 0 unspecified atom stereocenters. The summed E-state index contributed by atoms with van der Waals surface area (Å²) in [6.45, 7) is 7.54. The van der Waals surface area contributed by atoms with E-state index >= 15 is 0 Å². The zero-order chi connectivity index (χ0) is 15.5. The summed E-state index contributed by atoms with van der Waals surface area (Å²) in [7, 11) is 0. The molecule has 5 heteroatoms. The van der Waals surface area contributed by atoms with Crippen LogP contribution in [0.2, 0.25) is 5.02 Å². The first-order valence-electron chi connectivity index (χ1n) is 6.62. The van der Waals surface area contributed by atoms with Gasteiger partial charge in [-0.3, -0.25) is 0 Å². The van der Waals surface area contributed by atoms with Crippen LogP contribution in [0.4, 0.5) is 4.79 Å². The molecule has 20 heavy (non-hydrogen) atoms. The van der Waals surface area contributed by atoms with Crippen LogP contribution in [-0.2, 0) is 6.42 Å². The number of phenols is 1. The van der Waals surface area contributed by atoms with Gasteiger partial charge in [-0.2, -0.15) is 0 Å². The zero-order valence-corrected chi connectivity index (χ0v) is 13.1. The second-order valence-electron chi connectivity index (χ2n) is 6.00. The van der Waals surface area contributed by atoms with Gasteiger partial charge in [0.1, 0.15) is 5.75 Å². The van der Waals surface area contributed by atoms with Crippen molar-refractivity contribution in [3.63, 3.8) is 0 Å². The second kappa shape index (κ2) is 6.35. The fraction of sp³-hybridized carbons (Fsp3) is 0.533. The Balaban J connectivity index is 2.72. The van der Waals surface area contributed by atoms with Crippen LogP contribution in [0, 0.1) is 0 Å². The smallest absolute Gasteiger partial charge is 0.407 e. The van der Waals surface area contributed by atoms with E-state index in [1.165, 1.54) is 4.90 Å². The van der Waals surface area contributed by atoms with E-state index in [4.69, 9.17) is 11.6 Å². The molecule has 0 heterocycles. The molecule has 0 radical (unpaired) electrons. The van der Waals surface area contributed by atoms with Crippen molar-refractivity contribution in [1.82, 2.24) is 4.90 Å². The molecular formula is C15H22ClNO3. The molecule has 1 atom stereocenters. The van der Waals surface area contributed by atoms with Gasteiger partial charge in [0, 0.05) is 11.6 Å². The lowest BCUT2D eigenvalue weighted by Gasteiger charge is -2.38. The van der Waals surface area contributed by atoms with E-state index in [1.54, 1.807) is 12.1 Å². The summed E-state index contributed by atoms with van der Waals surface area (Å²) in [5, 5.41) is 19.2. The molecule has 0 saturated carbocycles. The zero-order valence-electron chi connectivity index (χ0n) is 12.4. The third kappa shape index (κ3) is 4.30. The molecule has 0 aliphatic heterocycles. The first kappa shape index (κ1) is 16.6. The minimum atomic E-state index is -0.913. The number of halogens is 1. The fourth-order valence-corrected chi connectivity index (χ4v) is 2.47. The van der Waals surface area contributed by atoms with Crippen molar-refractivity contribution in [3.8, 4) is 5.75 Å². The molecular weight excluding hydrogens is 278 g/mol. The van der Waals surface area contributed by atoms with Crippen molar-refractivity contribution in [1.29, 1.82) is 0 Å². The molecule has 1 amide bonds. The van der Waals surface area contributed by atoms with E-state index in [1.807, 2.05) is 33.8 Å². The Kier molecular flexibility index (Phi) is 5.28. The number of phenolic OH excluding ortho intramolecular Hbond substituents is 1. The summed E-state index contributed by atoms with van der Waals surface area (Å²) in [4.78, 5) is 12.8. The summed E-state index contributed by atoms with van der Waals surface area (Å²) in [5.74, 6) is 0.0581. The van der Waals surface area contributed by atoms with Crippen LogP contribution in [0.5, 0.6) is 5.75 Å². The van der Waals surface area contributed by atoms with Crippen molar-refractivity contribution < 1.29 is 15.0 Å². The number of aromatic hydroxyl groups is 1. The lowest BCUT2D eigenvalue weighted by molar-refractivity contribution is 0.0729. The quantitative estimate of drug-likeness (QED) is 0.878. The first-order valence-corrected chi connectivity index (χ1v) is 7.00. The Morgan fingerprint density at radius 1 is 1.40 bits per heavy atom. The van der Waals surface area contributed by atoms with Gasteiger partial charge in [-0.1, -0.05) is 17.7 Å². The monoisotopic (exact) mass is 299 g/mol. The van der Waals surface area contributed by atoms with E-state index in [2.05, 4.69) is 0 Å². The summed E-state index contributed by atoms with van der Waals surface area (Å²) in [6, 6.07) is 5.01. The number of amides is 1. The van der Waals surface area contributed by atoms with Gasteiger partial charge in [-0.15, -0.1) is 0 Å². The van der Waals surface area contributed by atoms with Crippen LogP contribution in [0.1, 0.15) is 39.7 Å². The maximum atomic E-state index is 11.4. The second-order valence-corrected chi connectivity index (χ2v) is 6.40. The van der Waals surface area contributed by atoms with Crippen molar-refractivity contribution >= 4 is 17.7 Å². The Morgan fingerprint density at radius 2 is 2.00 bits per heavy atom. The van der Waals surface area contributed by atoms with Crippen LogP contribution in [0.25, 0.3) is 0 Å². The molecule has 0 aliphatic rings. The highest BCUT2D eigenvalue weighted by Crippen LogP contribution is 2.25. The minimum Gasteiger partial charge on any atom is -0.506 e.